The molecule has 2 bridgehead atoms. The Balaban J connectivity index is 2.00. The molecule has 4 atom stereocenters. The predicted molar refractivity (Wildman–Crippen MR) is 53.3 cm³/mol. The summed E-state index contributed by atoms with van der Waals surface area (Å²) in [5, 5.41) is 2.91. The first-order valence-corrected chi connectivity index (χ1v) is 5.34. The predicted octanol–water partition coefficient (Wildman–Crippen LogP) is 0.270. The van der Waals surface area contributed by atoms with Crippen LogP contribution in [0.4, 0.5) is 0 Å². The average Bonchev–Trinajstić information content (AvgIpc) is 2.79. The van der Waals surface area contributed by atoms with Gasteiger partial charge in [-0.05, 0) is 18.3 Å². The van der Waals surface area contributed by atoms with Crippen LogP contribution < -0.4 is 0 Å². The molecule has 0 aromatic carbocycles. The van der Waals surface area contributed by atoms with Crippen LogP contribution in [0, 0.1) is 23.7 Å². The largest absolute Gasteiger partial charge is 0.273 e. The van der Waals surface area contributed by atoms with Crippen molar-refractivity contribution in [2.24, 2.45) is 23.7 Å². The van der Waals surface area contributed by atoms with Crippen LogP contribution >= 0.6 is 0 Å². The highest BCUT2D eigenvalue weighted by Crippen LogP contribution is 2.52. The Bertz CT molecular complexity index is 345. The summed E-state index contributed by atoms with van der Waals surface area (Å²) in [4.78, 5) is 24.1. The summed E-state index contributed by atoms with van der Waals surface area (Å²) in [6, 6.07) is 0. The summed E-state index contributed by atoms with van der Waals surface area (Å²) in [6.45, 7) is 0. The van der Waals surface area contributed by atoms with E-state index in [9.17, 15) is 9.59 Å². The number of fused-ring (bicyclic) bond motifs is 5. The van der Waals surface area contributed by atoms with E-state index >= 15 is 0 Å². The zero-order valence-electron chi connectivity index (χ0n) is 8.88. The van der Waals surface area contributed by atoms with E-state index in [1.165, 1.54) is 5.01 Å². The normalized spacial score (nSPS) is 42.2. The molecule has 80 valence electrons. The van der Waals surface area contributed by atoms with Gasteiger partial charge in [0.05, 0.1) is 11.8 Å². The van der Waals surface area contributed by atoms with Gasteiger partial charge in [-0.3, -0.25) is 9.59 Å². The smallest absolute Gasteiger partial charge is 0.248 e. The molecule has 3 rings (SSSR count). The van der Waals surface area contributed by atoms with Crippen LogP contribution in [0.5, 0.6) is 0 Å². The molecular weight excluding hydrogens is 192 g/mol. The lowest BCUT2D eigenvalue weighted by atomic mass is 9.85. The minimum atomic E-state index is -0.0742. The summed E-state index contributed by atoms with van der Waals surface area (Å²) < 4.78 is 0. The fourth-order valence-corrected chi connectivity index (χ4v) is 3.28. The van der Waals surface area contributed by atoms with Gasteiger partial charge < -0.3 is 0 Å². The van der Waals surface area contributed by atoms with Gasteiger partial charge in [0.15, 0.2) is 0 Å². The number of hydrazine groups is 1. The summed E-state index contributed by atoms with van der Waals surface area (Å²) in [5.74, 6) is 0.450. The highest BCUT2D eigenvalue weighted by atomic mass is 16.2. The number of imide groups is 1. The van der Waals surface area contributed by atoms with Gasteiger partial charge in [0.25, 0.3) is 0 Å². The summed E-state index contributed by atoms with van der Waals surface area (Å²) in [5.41, 5.74) is 0. The Morgan fingerprint density at radius 1 is 1.13 bits per heavy atom. The SMILES string of the molecule is CN(C)N1C(=O)[C@@H]2[C@H](C1=O)[C@H]1C=C[C@H]2C1. The van der Waals surface area contributed by atoms with Crippen LogP contribution in [-0.2, 0) is 9.59 Å². The molecule has 1 saturated heterocycles. The minimum Gasteiger partial charge on any atom is -0.273 e. The fraction of sp³-hybridized carbons (Fsp3) is 0.636. The molecule has 0 N–H and O–H groups in total. The van der Waals surface area contributed by atoms with Crippen LogP contribution in [0.15, 0.2) is 12.2 Å². The van der Waals surface area contributed by atoms with Crippen molar-refractivity contribution in [1.82, 2.24) is 10.0 Å². The molecule has 2 amide bonds. The van der Waals surface area contributed by atoms with E-state index in [4.69, 9.17) is 0 Å². The van der Waals surface area contributed by atoms with E-state index < -0.39 is 0 Å². The van der Waals surface area contributed by atoms with Crippen molar-refractivity contribution in [3.63, 3.8) is 0 Å². The highest BCUT2D eigenvalue weighted by Gasteiger charge is 2.59. The van der Waals surface area contributed by atoms with E-state index in [2.05, 4.69) is 12.2 Å². The number of nitrogens with zero attached hydrogens (tertiary/aromatic N) is 2. The van der Waals surface area contributed by atoms with Crippen molar-refractivity contribution < 1.29 is 9.59 Å². The Morgan fingerprint density at radius 3 is 2.00 bits per heavy atom. The number of amides is 2. The quantitative estimate of drug-likeness (QED) is 0.457. The molecule has 2 fully saturated rings. The van der Waals surface area contributed by atoms with Crippen molar-refractivity contribution in [3.8, 4) is 0 Å². The van der Waals surface area contributed by atoms with Crippen molar-refractivity contribution in [1.29, 1.82) is 0 Å². The summed E-state index contributed by atoms with van der Waals surface area (Å²) in [7, 11) is 3.48. The third-order valence-electron chi connectivity index (χ3n) is 3.85. The lowest BCUT2D eigenvalue weighted by Gasteiger charge is -2.23. The Kier molecular flexibility index (Phi) is 1.63. The molecule has 1 aliphatic heterocycles. The molecule has 2 aliphatic carbocycles. The van der Waals surface area contributed by atoms with Crippen LogP contribution in [-0.4, -0.2) is 35.9 Å². The fourth-order valence-electron chi connectivity index (χ4n) is 3.28. The van der Waals surface area contributed by atoms with Gasteiger partial charge in [0.1, 0.15) is 0 Å². The number of hydrogen-bond acceptors (Lipinski definition) is 3. The lowest BCUT2D eigenvalue weighted by molar-refractivity contribution is -0.155. The van der Waals surface area contributed by atoms with Gasteiger partial charge in [-0.2, -0.15) is 0 Å². The van der Waals surface area contributed by atoms with E-state index in [0.29, 0.717) is 11.8 Å². The number of hydrogen-bond donors (Lipinski definition) is 0. The van der Waals surface area contributed by atoms with Crippen LogP contribution in [0.25, 0.3) is 0 Å². The van der Waals surface area contributed by atoms with E-state index in [1.807, 2.05) is 0 Å². The average molecular weight is 206 g/mol. The minimum absolute atomic E-state index is 0.00755. The molecule has 1 heterocycles. The monoisotopic (exact) mass is 206 g/mol. The first-order chi connectivity index (χ1) is 7.11. The zero-order chi connectivity index (χ0) is 10.7. The summed E-state index contributed by atoms with van der Waals surface area (Å²) in [6.07, 6.45) is 5.21. The highest BCUT2D eigenvalue weighted by molar-refractivity contribution is 6.05. The molecular formula is C11H14N2O2. The second-order valence-corrected chi connectivity index (χ2v) is 4.84. The molecule has 0 aromatic rings. The van der Waals surface area contributed by atoms with E-state index in [1.54, 1.807) is 19.1 Å². The van der Waals surface area contributed by atoms with Crippen molar-refractivity contribution in [2.75, 3.05) is 14.1 Å². The Hall–Kier alpha value is -1.16. The van der Waals surface area contributed by atoms with Crippen molar-refractivity contribution in [2.45, 2.75) is 6.42 Å². The molecule has 0 aromatic heterocycles. The lowest BCUT2D eigenvalue weighted by Crippen LogP contribution is -2.43. The van der Waals surface area contributed by atoms with Crippen LogP contribution in [0.1, 0.15) is 6.42 Å². The topological polar surface area (TPSA) is 40.6 Å². The second-order valence-electron chi connectivity index (χ2n) is 4.84. The van der Waals surface area contributed by atoms with Gasteiger partial charge >= 0.3 is 0 Å². The number of carbonyl (C=O) groups excluding carboxylic acids is 2. The first kappa shape index (κ1) is 9.09. The number of allylic oxidation sites excluding steroid dienone is 2. The summed E-state index contributed by atoms with van der Waals surface area (Å²) >= 11 is 0. The van der Waals surface area contributed by atoms with E-state index in [0.717, 1.165) is 6.42 Å². The maximum atomic E-state index is 12.1. The van der Waals surface area contributed by atoms with Crippen molar-refractivity contribution in [3.05, 3.63) is 12.2 Å². The molecule has 0 radical (unpaired) electrons. The standard InChI is InChI=1S/C11H14N2O2/c1-12(2)13-10(14)8-6-3-4-7(5-6)9(8)11(13)15/h3-4,6-9H,5H2,1-2H3/t6-,7-,8-,9+/m0/s1. The van der Waals surface area contributed by atoms with E-state index in [-0.39, 0.29) is 23.7 Å². The molecule has 0 spiro atoms. The number of carbonyl (C=O) groups is 2. The molecule has 4 heteroatoms. The van der Waals surface area contributed by atoms with Gasteiger partial charge in [0.2, 0.25) is 11.8 Å². The zero-order valence-corrected chi connectivity index (χ0v) is 8.88. The molecule has 0 unspecified atom stereocenters. The molecule has 15 heavy (non-hydrogen) atoms. The molecule has 3 aliphatic rings. The van der Waals surface area contributed by atoms with Gasteiger partial charge in [-0.15, -0.1) is 0 Å². The second kappa shape index (κ2) is 2.70. The molecule has 1 saturated carbocycles. The number of rotatable bonds is 1. The van der Waals surface area contributed by atoms with Crippen LogP contribution in [0.3, 0.4) is 0 Å². The maximum absolute atomic E-state index is 12.1. The van der Waals surface area contributed by atoms with Gasteiger partial charge in [0, 0.05) is 14.1 Å². The Morgan fingerprint density at radius 2 is 1.60 bits per heavy atom. The van der Waals surface area contributed by atoms with Crippen molar-refractivity contribution >= 4 is 11.8 Å². The molecule has 4 nitrogen and oxygen atoms in total. The maximum Gasteiger partial charge on any atom is 0.248 e. The van der Waals surface area contributed by atoms with Gasteiger partial charge in [-0.1, -0.05) is 12.2 Å². The Labute approximate surface area is 88.5 Å². The first-order valence-electron chi connectivity index (χ1n) is 5.34. The third kappa shape index (κ3) is 0.951. The van der Waals surface area contributed by atoms with Gasteiger partial charge in [-0.25, -0.2) is 10.0 Å². The van der Waals surface area contributed by atoms with Crippen LogP contribution in [0.2, 0.25) is 0 Å². The third-order valence-corrected chi connectivity index (χ3v) is 3.85.